The molecule has 0 saturated heterocycles. The van der Waals surface area contributed by atoms with E-state index in [0.717, 1.165) is 45.7 Å². The molecule has 5 heteroatoms. The quantitative estimate of drug-likeness (QED) is 0.548. The first kappa shape index (κ1) is 17.4. The van der Waals surface area contributed by atoms with E-state index in [2.05, 4.69) is 11.8 Å². The first-order chi connectivity index (χ1) is 8.44. The number of carbonyl (C=O) groups is 1. The summed E-state index contributed by atoms with van der Waals surface area (Å²) in [5.74, 6) is -0.925. The monoisotopic (exact) mass is 260 g/mol. The van der Waals surface area contributed by atoms with Crippen molar-refractivity contribution in [2.75, 3.05) is 32.8 Å². The molecule has 0 rings (SSSR count). The van der Waals surface area contributed by atoms with Gasteiger partial charge in [0, 0.05) is 13.2 Å². The van der Waals surface area contributed by atoms with Crippen LogP contribution in [0.25, 0.3) is 0 Å². The van der Waals surface area contributed by atoms with Crippen LogP contribution in [0, 0.1) is 0 Å². The fourth-order valence-corrected chi connectivity index (χ4v) is 1.70. The summed E-state index contributed by atoms with van der Waals surface area (Å²) in [6, 6.07) is 0. The molecule has 0 aliphatic rings. The van der Waals surface area contributed by atoms with E-state index < -0.39 is 11.5 Å². The highest BCUT2D eigenvalue weighted by Gasteiger charge is 2.26. The molecule has 0 spiro atoms. The molecule has 0 amide bonds. The normalized spacial score (nSPS) is 14.7. The van der Waals surface area contributed by atoms with E-state index in [1.807, 2.05) is 6.92 Å². The van der Waals surface area contributed by atoms with Gasteiger partial charge >= 0.3 is 5.97 Å². The average molecular weight is 260 g/mol. The number of carboxylic acids is 1. The molecule has 18 heavy (non-hydrogen) atoms. The third-order valence-electron chi connectivity index (χ3n) is 3.11. The molecule has 0 aromatic rings. The number of hydrogen-bond donors (Lipinski definition) is 2. The molecule has 108 valence electrons. The highest BCUT2D eigenvalue weighted by atomic mass is 16.5. The lowest BCUT2D eigenvalue weighted by molar-refractivity contribution is -0.142. The lowest BCUT2D eigenvalue weighted by atomic mass is 9.96. The molecule has 0 aromatic heterocycles. The minimum Gasteiger partial charge on any atom is -0.480 e. The third kappa shape index (κ3) is 7.63. The number of nitrogens with two attached hydrogens (primary N) is 1. The first-order valence-corrected chi connectivity index (χ1v) is 6.76. The van der Waals surface area contributed by atoms with Crippen molar-refractivity contribution < 1.29 is 14.6 Å². The molecular weight excluding hydrogens is 232 g/mol. The SMILES string of the molecule is CCOCCN(CC)CCCCC(C)(N)C(=O)O. The molecule has 0 fully saturated rings. The maximum Gasteiger partial charge on any atom is 0.323 e. The van der Waals surface area contributed by atoms with Gasteiger partial charge in [0.25, 0.3) is 0 Å². The van der Waals surface area contributed by atoms with Gasteiger partial charge in [-0.3, -0.25) is 4.79 Å². The number of ether oxygens (including phenoxy) is 1. The molecule has 0 radical (unpaired) electrons. The molecule has 0 aliphatic carbocycles. The van der Waals surface area contributed by atoms with Crippen LogP contribution in [0.1, 0.15) is 40.0 Å². The lowest BCUT2D eigenvalue weighted by Crippen LogP contribution is -2.44. The van der Waals surface area contributed by atoms with Crippen LogP contribution in [0.15, 0.2) is 0 Å². The number of hydrogen-bond acceptors (Lipinski definition) is 4. The Hall–Kier alpha value is -0.650. The number of aliphatic carboxylic acids is 1. The summed E-state index contributed by atoms with van der Waals surface area (Å²) in [5, 5.41) is 8.89. The number of carboxylic acid groups (broad SMARTS) is 1. The Bertz CT molecular complexity index is 232. The molecule has 3 N–H and O–H groups in total. The summed E-state index contributed by atoms with van der Waals surface area (Å²) >= 11 is 0. The predicted molar refractivity (Wildman–Crippen MR) is 72.7 cm³/mol. The van der Waals surface area contributed by atoms with E-state index in [1.54, 1.807) is 6.92 Å². The summed E-state index contributed by atoms with van der Waals surface area (Å²) in [4.78, 5) is 13.1. The highest BCUT2D eigenvalue weighted by molar-refractivity contribution is 5.77. The van der Waals surface area contributed by atoms with Crippen LogP contribution >= 0.6 is 0 Å². The Morgan fingerprint density at radius 3 is 2.50 bits per heavy atom. The van der Waals surface area contributed by atoms with E-state index in [9.17, 15) is 4.79 Å². The Kier molecular flexibility index (Phi) is 8.97. The summed E-state index contributed by atoms with van der Waals surface area (Å²) in [7, 11) is 0. The Balaban J connectivity index is 3.71. The summed E-state index contributed by atoms with van der Waals surface area (Å²) in [5.41, 5.74) is 4.58. The van der Waals surface area contributed by atoms with Gasteiger partial charge in [-0.05, 0) is 46.2 Å². The average Bonchev–Trinajstić information content (AvgIpc) is 2.32. The van der Waals surface area contributed by atoms with E-state index in [0.29, 0.717) is 6.42 Å². The van der Waals surface area contributed by atoms with Crippen molar-refractivity contribution in [3.8, 4) is 0 Å². The van der Waals surface area contributed by atoms with Gasteiger partial charge in [-0.2, -0.15) is 0 Å². The number of nitrogens with zero attached hydrogens (tertiary/aromatic N) is 1. The van der Waals surface area contributed by atoms with Gasteiger partial charge in [0.2, 0.25) is 0 Å². The van der Waals surface area contributed by atoms with Crippen molar-refractivity contribution in [3.63, 3.8) is 0 Å². The largest absolute Gasteiger partial charge is 0.480 e. The summed E-state index contributed by atoms with van der Waals surface area (Å²) in [6.45, 7) is 10.1. The van der Waals surface area contributed by atoms with Crippen molar-refractivity contribution >= 4 is 5.97 Å². The number of rotatable bonds is 11. The van der Waals surface area contributed by atoms with Gasteiger partial charge in [0.1, 0.15) is 5.54 Å². The van der Waals surface area contributed by atoms with E-state index >= 15 is 0 Å². The Morgan fingerprint density at radius 1 is 1.33 bits per heavy atom. The van der Waals surface area contributed by atoms with Gasteiger partial charge in [-0.15, -0.1) is 0 Å². The minimum atomic E-state index is -1.09. The smallest absolute Gasteiger partial charge is 0.323 e. The summed E-state index contributed by atoms with van der Waals surface area (Å²) < 4.78 is 5.32. The zero-order valence-corrected chi connectivity index (χ0v) is 11.9. The molecule has 0 saturated carbocycles. The van der Waals surface area contributed by atoms with E-state index in [-0.39, 0.29) is 0 Å². The van der Waals surface area contributed by atoms with Crippen molar-refractivity contribution in [1.82, 2.24) is 4.90 Å². The topological polar surface area (TPSA) is 75.8 Å². The molecule has 0 aliphatic heterocycles. The zero-order chi connectivity index (χ0) is 14.0. The summed E-state index contributed by atoms with van der Waals surface area (Å²) in [6.07, 6.45) is 2.33. The minimum absolute atomic E-state index is 0.519. The fraction of sp³-hybridized carbons (Fsp3) is 0.923. The second-order valence-corrected chi connectivity index (χ2v) is 4.81. The van der Waals surface area contributed by atoms with E-state index in [4.69, 9.17) is 15.6 Å². The highest BCUT2D eigenvalue weighted by Crippen LogP contribution is 2.11. The van der Waals surface area contributed by atoms with Crippen LogP contribution < -0.4 is 5.73 Å². The number of likely N-dealkylation sites (N-methyl/N-ethyl adjacent to an activating group) is 1. The van der Waals surface area contributed by atoms with Crippen molar-refractivity contribution in [3.05, 3.63) is 0 Å². The predicted octanol–water partition coefficient (Wildman–Crippen LogP) is 1.32. The van der Waals surface area contributed by atoms with Crippen LogP contribution in [0.5, 0.6) is 0 Å². The van der Waals surface area contributed by atoms with Gasteiger partial charge in [-0.1, -0.05) is 6.92 Å². The van der Waals surface area contributed by atoms with E-state index in [1.165, 1.54) is 0 Å². The second-order valence-electron chi connectivity index (χ2n) is 4.81. The first-order valence-electron chi connectivity index (χ1n) is 6.76. The third-order valence-corrected chi connectivity index (χ3v) is 3.11. The van der Waals surface area contributed by atoms with Crippen LogP contribution in [0.3, 0.4) is 0 Å². The van der Waals surface area contributed by atoms with Crippen LogP contribution in [0.4, 0.5) is 0 Å². The van der Waals surface area contributed by atoms with Crippen LogP contribution in [0.2, 0.25) is 0 Å². The Labute approximate surface area is 110 Å². The van der Waals surface area contributed by atoms with Gasteiger partial charge < -0.3 is 20.5 Å². The zero-order valence-electron chi connectivity index (χ0n) is 11.9. The van der Waals surface area contributed by atoms with Crippen molar-refractivity contribution in [2.24, 2.45) is 5.73 Å². The fourth-order valence-electron chi connectivity index (χ4n) is 1.70. The maximum absolute atomic E-state index is 10.8. The van der Waals surface area contributed by atoms with Crippen LogP contribution in [-0.4, -0.2) is 54.4 Å². The molecule has 1 atom stereocenters. The lowest BCUT2D eigenvalue weighted by Gasteiger charge is -2.22. The molecule has 1 unspecified atom stereocenters. The molecule has 0 heterocycles. The number of unbranched alkanes of at least 4 members (excludes halogenated alkanes) is 1. The molecular formula is C13H28N2O3. The van der Waals surface area contributed by atoms with Gasteiger partial charge in [-0.25, -0.2) is 0 Å². The van der Waals surface area contributed by atoms with Crippen molar-refractivity contribution in [2.45, 2.75) is 45.6 Å². The maximum atomic E-state index is 10.8. The molecule has 0 bridgehead atoms. The van der Waals surface area contributed by atoms with Gasteiger partial charge in [0.05, 0.1) is 6.61 Å². The standard InChI is InChI=1S/C13H28N2O3/c1-4-15(10-11-18-5-2)9-7-6-8-13(3,14)12(16)17/h4-11,14H2,1-3H3,(H,16,17). The molecule has 0 aromatic carbocycles. The van der Waals surface area contributed by atoms with Gasteiger partial charge in [0.15, 0.2) is 0 Å². The van der Waals surface area contributed by atoms with Crippen molar-refractivity contribution in [1.29, 1.82) is 0 Å². The molecule has 5 nitrogen and oxygen atoms in total. The second kappa shape index (κ2) is 9.30. The van der Waals surface area contributed by atoms with Crippen LogP contribution in [-0.2, 0) is 9.53 Å². The Morgan fingerprint density at radius 2 is 2.00 bits per heavy atom.